The zero-order valence-corrected chi connectivity index (χ0v) is 13.9. The topological polar surface area (TPSA) is 102 Å². The second kappa shape index (κ2) is 6.45. The number of benzene rings is 2. The van der Waals surface area contributed by atoms with E-state index < -0.39 is 17.9 Å². The number of hydrogen-bond donors (Lipinski definition) is 2. The number of amides is 2. The lowest BCUT2D eigenvalue weighted by Gasteiger charge is -2.26. The van der Waals surface area contributed by atoms with Gasteiger partial charge in [-0.15, -0.1) is 0 Å². The third-order valence-corrected chi connectivity index (χ3v) is 4.25. The Morgan fingerprint density at radius 1 is 1.08 bits per heavy atom. The summed E-state index contributed by atoms with van der Waals surface area (Å²) < 4.78 is 10.5. The molecule has 130 valence electrons. The van der Waals surface area contributed by atoms with Crippen LogP contribution in [-0.2, 0) is 0 Å². The van der Waals surface area contributed by atoms with Gasteiger partial charge >= 0.3 is 0 Å². The number of nitrogens with two attached hydrogens (primary N) is 1. The van der Waals surface area contributed by atoms with E-state index in [9.17, 15) is 14.7 Å². The van der Waals surface area contributed by atoms with E-state index >= 15 is 0 Å². The predicted molar refractivity (Wildman–Crippen MR) is 89.9 cm³/mol. The van der Waals surface area contributed by atoms with Gasteiger partial charge in [0.1, 0.15) is 5.75 Å². The van der Waals surface area contributed by atoms with Gasteiger partial charge in [-0.1, -0.05) is 12.1 Å². The molecule has 1 aliphatic heterocycles. The number of carbonyl (C=O) groups excluding carboxylic acids is 2. The van der Waals surface area contributed by atoms with Crippen LogP contribution in [0.25, 0.3) is 0 Å². The summed E-state index contributed by atoms with van der Waals surface area (Å²) in [6.45, 7) is 0.0295. The van der Waals surface area contributed by atoms with Gasteiger partial charge in [0.15, 0.2) is 11.5 Å². The Morgan fingerprint density at radius 3 is 2.40 bits per heavy atom. The van der Waals surface area contributed by atoms with Crippen molar-refractivity contribution in [1.82, 2.24) is 4.90 Å². The van der Waals surface area contributed by atoms with Gasteiger partial charge in [-0.25, -0.2) is 0 Å². The van der Waals surface area contributed by atoms with Gasteiger partial charge in [-0.05, 0) is 29.8 Å². The lowest BCUT2D eigenvalue weighted by Crippen LogP contribution is -2.38. The maximum Gasteiger partial charge on any atom is 0.265 e. The summed E-state index contributed by atoms with van der Waals surface area (Å²) >= 11 is 0. The van der Waals surface area contributed by atoms with Crippen LogP contribution in [0.4, 0.5) is 0 Å². The molecule has 3 N–H and O–H groups in total. The number of rotatable bonds is 5. The normalized spacial score (nSPS) is 14.4. The molecule has 2 aromatic rings. The lowest BCUT2D eigenvalue weighted by molar-refractivity contribution is 0.0586. The zero-order chi connectivity index (χ0) is 18.1. The molecule has 3 rings (SSSR count). The van der Waals surface area contributed by atoms with Crippen molar-refractivity contribution in [2.24, 2.45) is 5.73 Å². The first kappa shape index (κ1) is 16.8. The highest BCUT2D eigenvalue weighted by molar-refractivity contribution is 6.22. The summed E-state index contributed by atoms with van der Waals surface area (Å²) in [6.07, 6.45) is 0. The van der Waals surface area contributed by atoms with Gasteiger partial charge in [0, 0.05) is 6.54 Å². The molecule has 7 nitrogen and oxygen atoms in total. The van der Waals surface area contributed by atoms with E-state index in [0.717, 1.165) is 4.90 Å². The molecular weight excluding hydrogens is 324 g/mol. The Kier molecular flexibility index (Phi) is 4.33. The van der Waals surface area contributed by atoms with Crippen LogP contribution in [-0.4, -0.2) is 42.6 Å². The van der Waals surface area contributed by atoms with Crippen LogP contribution in [0, 0.1) is 0 Å². The Labute approximate surface area is 144 Å². The molecule has 0 saturated carbocycles. The van der Waals surface area contributed by atoms with Gasteiger partial charge in [0.25, 0.3) is 11.8 Å². The third kappa shape index (κ3) is 2.58. The molecule has 0 aromatic heterocycles. The number of imide groups is 1. The number of fused-ring (bicyclic) bond motifs is 1. The van der Waals surface area contributed by atoms with Crippen molar-refractivity contribution in [3.8, 4) is 17.2 Å². The Balaban J connectivity index is 2.04. The Morgan fingerprint density at radius 2 is 1.80 bits per heavy atom. The van der Waals surface area contributed by atoms with Crippen LogP contribution in [0.3, 0.4) is 0 Å². The molecular formula is C18H18N2O5. The van der Waals surface area contributed by atoms with Crippen LogP contribution in [0.15, 0.2) is 36.4 Å². The quantitative estimate of drug-likeness (QED) is 0.802. The maximum atomic E-state index is 12.7. The Bertz CT molecular complexity index is 849. The highest BCUT2D eigenvalue weighted by atomic mass is 16.5. The first-order valence-electron chi connectivity index (χ1n) is 7.65. The molecule has 0 bridgehead atoms. The third-order valence-electron chi connectivity index (χ3n) is 4.25. The van der Waals surface area contributed by atoms with Crippen molar-refractivity contribution in [3.05, 3.63) is 53.1 Å². The summed E-state index contributed by atoms with van der Waals surface area (Å²) in [7, 11) is 3.02. The summed E-state index contributed by atoms with van der Waals surface area (Å²) in [4.78, 5) is 26.5. The maximum absolute atomic E-state index is 12.7. The molecule has 1 unspecified atom stereocenters. The molecule has 25 heavy (non-hydrogen) atoms. The number of carbonyl (C=O) groups is 2. The number of aromatic hydroxyl groups is 1. The van der Waals surface area contributed by atoms with Crippen LogP contribution < -0.4 is 15.2 Å². The van der Waals surface area contributed by atoms with E-state index in [-0.39, 0.29) is 23.4 Å². The molecule has 0 radical (unpaired) electrons. The van der Waals surface area contributed by atoms with Gasteiger partial charge in [-0.2, -0.15) is 0 Å². The minimum atomic E-state index is -0.688. The molecule has 1 heterocycles. The molecule has 2 aromatic carbocycles. The standard InChI is InChI=1S/C18H18N2O5/c1-24-14-7-6-10(8-15(14)25-2)12(9-19)20-17(22)11-4-3-5-13(21)16(11)18(20)23/h3-8,12,21H,9,19H2,1-2H3. The minimum Gasteiger partial charge on any atom is -0.507 e. The van der Waals surface area contributed by atoms with E-state index in [1.54, 1.807) is 18.2 Å². The van der Waals surface area contributed by atoms with Crippen LogP contribution in [0.2, 0.25) is 0 Å². The molecule has 7 heteroatoms. The smallest absolute Gasteiger partial charge is 0.265 e. The van der Waals surface area contributed by atoms with E-state index in [4.69, 9.17) is 15.2 Å². The SMILES string of the molecule is COc1ccc(C(CN)N2C(=O)c3cccc(O)c3C2=O)cc1OC. The highest BCUT2D eigenvalue weighted by Gasteiger charge is 2.41. The van der Waals surface area contributed by atoms with Crippen molar-refractivity contribution in [1.29, 1.82) is 0 Å². The molecule has 1 atom stereocenters. The number of nitrogens with zero attached hydrogens (tertiary/aromatic N) is 1. The molecule has 0 fully saturated rings. The second-order valence-electron chi connectivity index (χ2n) is 5.55. The van der Waals surface area contributed by atoms with Crippen molar-refractivity contribution in [2.45, 2.75) is 6.04 Å². The number of ether oxygens (including phenoxy) is 2. The highest BCUT2D eigenvalue weighted by Crippen LogP contribution is 2.37. The van der Waals surface area contributed by atoms with Crippen molar-refractivity contribution in [3.63, 3.8) is 0 Å². The molecule has 2 amide bonds. The number of phenolic OH excluding ortho intramolecular Hbond substituents is 1. The summed E-state index contributed by atoms with van der Waals surface area (Å²) in [5.41, 5.74) is 6.67. The second-order valence-corrected chi connectivity index (χ2v) is 5.55. The summed E-state index contributed by atoms with van der Waals surface area (Å²) in [5, 5.41) is 9.95. The number of methoxy groups -OCH3 is 2. The number of hydrogen-bond acceptors (Lipinski definition) is 6. The first-order chi connectivity index (χ1) is 12.0. The van der Waals surface area contributed by atoms with E-state index in [1.807, 2.05) is 0 Å². The average Bonchev–Trinajstić information content (AvgIpc) is 2.88. The van der Waals surface area contributed by atoms with Gasteiger partial charge < -0.3 is 20.3 Å². The summed E-state index contributed by atoms with van der Waals surface area (Å²) in [5.74, 6) is -0.272. The van der Waals surface area contributed by atoms with Gasteiger partial charge in [-0.3, -0.25) is 14.5 Å². The monoisotopic (exact) mass is 342 g/mol. The molecule has 0 spiro atoms. The van der Waals surface area contributed by atoms with Crippen molar-refractivity contribution in [2.75, 3.05) is 20.8 Å². The molecule has 0 saturated heterocycles. The minimum absolute atomic E-state index is 0.00595. The van der Waals surface area contributed by atoms with Gasteiger partial charge in [0.05, 0.1) is 31.4 Å². The average molecular weight is 342 g/mol. The fourth-order valence-corrected chi connectivity index (χ4v) is 3.02. The van der Waals surface area contributed by atoms with E-state index in [1.165, 1.54) is 32.4 Å². The van der Waals surface area contributed by atoms with E-state index in [0.29, 0.717) is 17.1 Å². The zero-order valence-electron chi connectivity index (χ0n) is 13.9. The Hall–Kier alpha value is -3.06. The van der Waals surface area contributed by atoms with Crippen molar-refractivity contribution < 1.29 is 24.2 Å². The number of phenols is 1. The largest absolute Gasteiger partial charge is 0.507 e. The summed E-state index contributed by atoms with van der Waals surface area (Å²) in [6, 6.07) is 8.82. The van der Waals surface area contributed by atoms with E-state index in [2.05, 4.69) is 0 Å². The lowest BCUT2D eigenvalue weighted by atomic mass is 10.0. The predicted octanol–water partition coefficient (Wildman–Crippen LogP) is 1.71. The molecule has 1 aliphatic rings. The van der Waals surface area contributed by atoms with Crippen LogP contribution >= 0.6 is 0 Å². The molecule has 0 aliphatic carbocycles. The fourth-order valence-electron chi connectivity index (χ4n) is 3.02. The van der Waals surface area contributed by atoms with Crippen LogP contribution in [0.1, 0.15) is 32.3 Å². The van der Waals surface area contributed by atoms with Gasteiger partial charge in [0.2, 0.25) is 0 Å². The first-order valence-corrected chi connectivity index (χ1v) is 7.65. The fraction of sp³-hybridized carbons (Fsp3) is 0.222. The van der Waals surface area contributed by atoms with Crippen LogP contribution in [0.5, 0.6) is 17.2 Å². The van der Waals surface area contributed by atoms with Crippen molar-refractivity contribution >= 4 is 11.8 Å².